The molecule has 0 saturated carbocycles. The Morgan fingerprint density at radius 1 is 0.955 bits per heavy atom. The van der Waals surface area contributed by atoms with Gasteiger partial charge in [0.15, 0.2) is 0 Å². The Labute approximate surface area is 130 Å². The number of hydrogen-bond acceptors (Lipinski definition) is 3. The van der Waals surface area contributed by atoms with Gasteiger partial charge in [-0.25, -0.2) is 0 Å². The van der Waals surface area contributed by atoms with Gasteiger partial charge in [-0.2, -0.15) is 0 Å². The molecule has 1 amide bonds. The molecule has 0 aliphatic rings. The highest BCUT2D eigenvalue weighted by Crippen LogP contribution is 2.15. The van der Waals surface area contributed by atoms with E-state index in [4.69, 9.17) is 0 Å². The first-order chi connectivity index (χ1) is 10.5. The summed E-state index contributed by atoms with van der Waals surface area (Å²) in [5, 5.41) is 2.63. The normalized spacial score (nSPS) is 10.1. The molecule has 0 atom stereocenters. The first-order valence-corrected chi connectivity index (χ1v) is 7.13. The molecular weight excluding hydrogens is 276 g/mol. The first kappa shape index (κ1) is 15.8. The zero-order valence-electron chi connectivity index (χ0n) is 13.1. The van der Waals surface area contributed by atoms with Crippen molar-refractivity contribution in [1.82, 2.24) is 0 Å². The predicted molar refractivity (Wildman–Crippen MR) is 89.3 cm³/mol. The average Bonchev–Trinajstić information content (AvgIpc) is 2.50. The number of carbonyl (C=O) groups excluding carboxylic acids is 2. The fraction of sp³-hybridized carbons (Fsp3) is 0.222. The molecule has 0 aromatic heterocycles. The van der Waals surface area contributed by atoms with Gasteiger partial charge in [0.05, 0.1) is 0 Å². The van der Waals surface area contributed by atoms with Crippen LogP contribution in [-0.2, 0) is 16.0 Å². The largest absolute Gasteiger partial charge is 0.378 e. The highest BCUT2D eigenvalue weighted by Gasteiger charge is 2.14. The summed E-state index contributed by atoms with van der Waals surface area (Å²) in [6, 6.07) is 14.9. The highest BCUT2D eigenvalue weighted by molar-refractivity contribution is 6.41. The molecular formula is C18H20N2O2. The maximum atomic E-state index is 12.0. The molecule has 0 fully saturated rings. The second kappa shape index (κ2) is 6.89. The van der Waals surface area contributed by atoms with Gasteiger partial charge in [0.1, 0.15) is 0 Å². The lowest BCUT2D eigenvalue weighted by Gasteiger charge is -2.12. The van der Waals surface area contributed by atoms with E-state index in [0.29, 0.717) is 5.69 Å². The van der Waals surface area contributed by atoms with E-state index in [1.165, 1.54) is 0 Å². The van der Waals surface area contributed by atoms with Crippen molar-refractivity contribution >= 4 is 23.1 Å². The number of benzene rings is 2. The van der Waals surface area contributed by atoms with Gasteiger partial charge in [-0.3, -0.25) is 9.59 Å². The van der Waals surface area contributed by atoms with E-state index in [1.807, 2.05) is 62.3 Å². The van der Waals surface area contributed by atoms with Gasteiger partial charge in [-0.1, -0.05) is 29.8 Å². The van der Waals surface area contributed by atoms with Gasteiger partial charge >= 0.3 is 0 Å². The number of carbonyl (C=O) groups is 2. The van der Waals surface area contributed by atoms with Crippen molar-refractivity contribution in [2.75, 3.05) is 24.3 Å². The van der Waals surface area contributed by atoms with Crippen molar-refractivity contribution in [2.45, 2.75) is 13.3 Å². The molecule has 0 radical (unpaired) electrons. The Morgan fingerprint density at radius 2 is 1.55 bits per heavy atom. The number of hydrogen-bond donors (Lipinski definition) is 1. The lowest BCUT2D eigenvalue weighted by Crippen LogP contribution is -2.24. The molecule has 0 saturated heterocycles. The van der Waals surface area contributed by atoms with E-state index in [0.717, 1.165) is 16.8 Å². The molecule has 114 valence electrons. The predicted octanol–water partition coefficient (Wildman–Crippen LogP) is 2.81. The van der Waals surface area contributed by atoms with E-state index >= 15 is 0 Å². The van der Waals surface area contributed by atoms with Crippen LogP contribution in [0.1, 0.15) is 11.1 Å². The van der Waals surface area contributed by atoms with E-state index in [9.17, 15) is 9.59 Å². The van der Waals surface area contributed by atoms with Crippen LogP contribution in [0.4, 0.5) is 11.4 Å². The van der Waals surface area contributed by atoms with Crippen molar-refractivity contribution in [3.8, 4) is 0 Å². The van der Waals surface area contributed by atoms with Gasteiger partial charge < -0.3 is 10.2 Å². The van der Waals surface area contributed by atoms with E-state index in [2.05, 4.69) is 5.32 Å². The molecule has 2 aromatic carbocycles. The van der Waals surface area contributed by atoms with Crippen LogP contribution in [-0.4, -0.2) is 25.8 Å². The Balaban J connectivity index is 1.96. The quantitative estimate of drug-likeness (QED) is 0.863. The molecule has 0 spiro atoms. The van der Waals surface area contributed by atoms with Crippen molar-refractivity contribution in [3.05, 3.63) is 59.7 Å². The lowest BCUT2D eigenvalue weighted by molar-refractivity contribution is -0.134. The summed E-state index contributed by atoms with van der Waals surface area (Å²) in [6.45, 7) is 1.98. The maximum absolute atomic E-state index is 12.0. The molecule has 1 N–H and O–H groups in total. The van der Waals surface area contributed by atoms with Gasteiger partial charge in [-0.15, -0.1) is 0 Å². The monoisotopic (exact) mass is 296 g/mol. The third kappa shape index (κ3) is 4.19. The minimum atomic E-state index is -0.585. The van der Waals surface area contributed by atoms with Crippen LogP contribution >= 0.6 is 0 Å². The minimum absolute atomic E-state index is 0.113. The zero-order chi connectivity index (χ0) is 16.1. The van der Waals surface area contributed by atoms with E-state index in [-0.39, 0.29) is 6.42 Å². The number of ketones is 1. The lowest BCUT2D eigenvalue weighted by atomic mass is 10.1. The van der Waals surface area contributed by atoms with Crippen LogP contribution in [0.25, 0.3) is 0 Å². The number of anilines is 2. The summed E-state index contributed by atoms with van der Waals surface area (Å²) in [7, 11) is 3.89. The number of rotatable bonds is 5. The summed E-state index contributed by atoms with van der Waals surface area (Å²) in [6.07, 6.45) is 0.113. The summed E-state index contributed by atoms with van der Waals surface area (Å²) >= 11 is 0. The van der Waals surface area contributed by atoms with E-state index in [1.54, 1.807) is 12.1 Å². The second-order valence-electron chi connectivity index (χ2n) is 5.48. The van der Waals surface area contributed by atoms with Crippen LogP contribution < -0.4 is 10.2 Å². The third-order valence-electron chi connectivity index (χ3n) is 3.38. The molecule has 4 nitrogen and oxygen atoms in total. The summed E-state index contributed by atoms with van der Waals surface area (Å²) in [5.41, 5.74) is 3.62. The van der Waals surface area contributed by atoms with Crippen molar-refractivity contribution in [1.29, 1.82) is 0 Å². The highest BCUT2D eigenvalue weighted by atomic mass is 16.2. The second-order valence-corrected chi connectivity index (χ2v) is 5.48. The Bertz CT molecular complexity index is 658. The van der Waals surface area contributed by atoms with Crippen LogP contribution in [0, 0.1) is 6.92 Å². The topological polar surface area (TPSA) is 49.4 Å². The molecule has 0 unspecified atom stereocenters. The molecule has 0 bridgehead atoms. The van der Waals surface area contributed by atoms with Gasteiger partial charge in [0.2, 0.25) is 5.78 Å². The molecule has 0 heterocycles. The van der Waals surface area contributed by atoms with Crippen molar-refractivity contribution in [3.63, 3.8) is 0 Å². The third-order valence-corrected chi connectivity index (χ3v) is 3.38. The summed E-state index contributed by atoms with van der Waals surface area (Å²) in [4.78, 5) is 25.9. The van der Waals surface area contributed by atoms with Crippen LogP contribution in [0.2, 0.25) is 0 Å². The van der Waals surface area contributed by atoms with Crippen LogP contribution in [0.3, 0.4) is 0 Å². The smallest absolute Gasteiger partial charge is 0.292 e. The SMILES string of the molecule is Cc1ccc(CC(=O)C(=O)Nc2ccc(N(C)C)cc2)cc1. The van der Waals surface area contributed by atoms with Gasteiger partial charge in [-0.05, 0) is 36.8 Å². The zero-order valence-corrected chi connectivity index (χ0v) is 13.1. The molecule has 4 heteroatoms. The fourth-order valence-corrected chi connectivity index (χ4v) is 2.02. The van der Waals surface area contributed by atoms with Crippen LogP contribution in [0.15, 0.2) is 48.5 Å². The number of nitrogens with one attached hydrogen (secondary N) is 1. The number of aryl methyl sites for hydroxylation is 1. The maximum Gasteiger partial charge on any atom is 0.292 e. The molecule has 0 aliphatic heterocycles. The molecule has 2 aromatic rings. The Kier molecular flexibility index (Phi) is 4.94. The van der Waals surface area contributed by atoms with Gasteiger partial charge in [0.25, 0.3) is 5.91 Å². The average molecular weight is 296 g/mol. The Morgan fingerprint density at radius 3 is 2.09 bits per heavy atom. The Hall–Kier alpha value is -2.62. The number of Topliss-reactive ketones (excluding diaryl/α,β-unsaturated/α-hetero) is 1. The van der Waals surface area contributed by atoms with Gasteiger partial charge in [0, 0.05) is 31.9 Å². The van der Waals surface area contributed by atoms with Crippen molar-refractivity contribution < 1.29 is 9.59 Å². The standard InChI is InChI=1S/C18H20N2O2/c1-13-4-6-14(7-5-13)12-17(21)18(22)19-15-8-10-16(11-9-15)20(2)3/h4-11H,12H2,1-3H3,(H,19,22). The minimum Gasteiger partial charge on any atom is -0.378 e. The summed E-state index contributed by atoms with van der Waals surface area (Å²) in [5.74, 6) is -1.03. The van der Waals surface area contributed by atoms with E-state index < -0.39 is 11.7 Å². The molecule has 2 rings (SSSR count). The molecule has 0 aliphatic carbocycles. The fourth-order valence-electron chi connectivity index (χ4n) is 2.02. The van der Waals surface area contributed by atoms with Crippen molar-refractivity contribution in [2.24, 2.45) is 0 Å². The first-order valence-electron chi connectivity index (χ1n) is 7.13. The molecule has 22 heavy (non-hydrogen) atoms. The summed E-state index contributed by atoms with van der Waals surface area (Å²) < 4.78 is 0. The van der Waals surface area contributed by atoms with Crippen LogP contribution in [0.5, 0.6) is 0 Å². The number of amides is 1. The number of nitrogens with zero attached hydrogens (tertiary/aromatic N) is 1.